The van der Waals surface area contributed by atoms with Crippen molar-refractivity contribution in [3.8, 4) is 0 Å². The summed E-state index contributed by atoms with van der Waals surface area (Å²) in [5.74, 6) is 0.0656. The Labute approximate surface area is 181 Å². The van der Waals surface area contributed by atoms with Crippen molar-refractivity contribution >= 4 is 33.5 Å². The van der Waals surface area contributed by atoms with Gasteiger partial charge in [0.15, 0.2) is 0 Å². The summed E-state index contributed by atoms with van der Waals surface area (Å²) >= 11 is 1.62. The van der Waals surface area contributed by atoms with Crippen LogP contribution in [0.15, 0.2) is 54.6 Å². The molecule has 154 valence electrons. The fourth-order valence-electron chi connectivity index (χ4n) is 4.83. The molecule has 30 heavy (non-hydrogen) atoms. The van der Waals surface area contributed by atoms with Gasteiger partial charge in [0.2, 0.25) is 5.91 Å². The standard InChI is InChI=1S/C25H27N3OS/c1-27(25(29)13-12-24-26-22-10-4-5-11-23(22)30-24)20-9-6-14-28(17-20)21-15-18-7-2-3-8-19(18)16-21/h2-5,7-8,10-13,20-21H,6,9,14-17H2,1H3/b13-12+/t20-/m0/s1. The van der Waals surface area contributed by atoms with Gasteiger partial charge in [0.1, 0.15) is 5.01 Å². The average molecular weight is 418 g/mol. The molecule has 1 amide bonds. The number of fused-ring (bicyclic) bond motifs is 2. The minimum absolute atomic E-state index is 0.0656. The van der Waals surface area contributed by atoms with Crippen molar-refractivity contribution in [2.45, 2.75) is 37.8 Å². The first-order chi connectivity index (χ1) is 14.7. The summed E-state index contributed by atoms with van der Waals surface area (Å²) in [6.45, 7) is 2.11. The van der Waals surface area contributed by atoms with Crippen molar-refractivity contribution in [3.05, 3.63) is 70.7 Å². The van der Waals surface area contributed by atoms with Crippen LogP contribution in [0.2, 0.25) is 0 Å². The van der Waals surface area contributed by atoms with Gasteiger partial charge in [-0.2, -0.15) is 0 Å². The molecule has 1 aliphatic carbocycles. The van der Waals surface area contributed by atoms with Crippen molar-refractivity contribution in [3.63, 3.8) is 0 Å². The minimum atomic E-state index is 0.0656. The molecule has 5 heteroatoms. The first kappa shape index (κ1) is 19.5. The quantitative estimate of drug-likeness (QED) is 0.591. The van der Waals surface area contributed by atoms with Crippen LogP contribution in [0.3, 0.4) is 0 Å². The second-order valence-electron chi connectivity index (χ2n) is 8.42. The summed E-state index contributed by atoms with van der Waals surface area (Å²) in [6.07, 6.45) is 8.04. The molecule has 1 atom stereocenters. The van der Waals surface area contributed by atoms with Gasteiger partial charge < -0.3 is 4.90 Å². The van der Waals surface area contributed by atoms with Gasteiger partial charge in [0, 0.05) is 31.8 Å². The molecule has 2 aliphatic rings. The second kappa shape index (κ2) is 8.32. The Morgan fingerprint density at radius 2 is 1.87 bits per heavy atom. The zero-order valence-electron chi connectivity index (χ0n) is 17.3. The van der Waals surface area contributed by atoms with Crippen LogP contribution in [0.1, 0.15) is 29.0 Å². The van der Waals surface area contributed by atoms with E-state index in [0.29, 0.717) is 6.04 Å². The van der Waals surface area contributed by atoms with E-state index in [1.807, 2.05) is 36.2 Å². The number of nitrogens with zero attached hydrogens (tertiary/aromatic N) is 3. The van der Waals surface area contributed by atoms with E-state index in [2.05, 4.69) is 40.2 Å². The summed E-state index contributed by atoms with van der Waals surface area (Å²) in [5.41, 5.74) is 3.98. The molecule has 0 saturated carbocycles. The predicted octanol–water partition coefficient (Wildman–Crippen LogP) is 4.40. The van der Waals surface area contributed by atoms with Crippen LogP contribution in [0, 0.1) is 0 Å². The summed E-state index contributed by atoms with van der Waals surface area (Å²) in [7, 11) is 1.95. The molecule has 0 N–H and O–H groups in total. The van der Waals surface area contributed by atoms with Crippen LogP contribution in [0.25, 0.3) is 16.3 Å². The van der Waals surface area contributed by atoms with E-state index in [9.17, 15) is 4.79 Å². The normalized spacial score (nSPS) is 20.1. The molecule has 0 bridgehead atoms. The summed E-state index contributed by atoms with van der Waals surface area (Å²) in [4.78, 5) is 22.0. The number of benzene rings is 2. The predicted molar refractivity (Wildman–Crippen MR) is 124 cm³/mol. The van der Waals surface area contributed by atoms with Crippen molar-refractivity contribution in [2.24, 2.45) is 0 Å². The van der Waals surface area contributed by atoms with Gasteiger partial charge in [-0.1, -0.05) is 36.4 Å². The third-order valence-corrected chi connectivity index (χ3v) is 7.55. The molecule has 3 aromatic rings. The monoisotopic (exact) mass is 417 g/mol. The highest BCUT2D eigenvalue weighted by Gasteiger charge is 2.32. The lowest BCUT2D eigenvalue weighted by Gasteiger charge is -2.40. The number of likely N-dealkylation sites (tertiary alicyclic amines) is 1. The Bertz CT molecular complexity index is 1030. The summed E-state index contributed by atoms with van der Waals surface area (Å²) < 4.78 is 1.15. The molecule has 1 aliphatic heterocycles. The van der Waals surface area contributed by atoms with E-state index < -0.39 is 0 Å². The van der Waals surface area contributed by atoms with Crippen LogP contribution in [-0.2, 0) is 17.6 Å². The van der Waals surface area contributed by atoms with Gasteiger partial charge in [-0.3, -0.25) is 9.69 Å². The van der Waals surface area contributed by atoms with Gasteiger partial charge in [0.05, 0.1) is 10.2 Å². The van der Waals surface area contributed by atoms with E-state index in [4.69, 9.17) is 0 Å². The Morgan fingerprint density at radius 1 is 1.13 bits per heavy atom. The number of likely N-dealkylation sites (N-methyl/N-ethyl adjacent to an activating group) is 1. The van der Waals surface area contributed by atoms with Gasteiger partial charge in [-0.05, 0) is 61.6 Å². The van der Waals surface area contributed by atoms with Crippen molar-refractivity contribution < 1.29 is 4.79 Å². The molecule has 0 radical (unpaired) electrons. The maximum Gasteiger partial charge on any atom is 0.246 e. The van der Waals surface area contributed by atoms with Gasteiger partial charge >= 0.3 is 0 Å². The van der Waals surface area contributed by atoms with E-state index in [1.54, 1.807) is 17.4 Å². The smallest absolute Gasteiger partial charge is 0.246 e. The number of para-hydroxylation sites is 1. The molecule has 0 unspecified atom stereocenters. The van der Waals surface area contributed by atoms with E-state index >= 15 is 0 Å². The molecule has 5 rings (SSSR count). The lowest BCUT2D eigenvalue weighted by Crippen LogP contribution is -2.51. The number of piperidine rings is 1. The number of aromatic nitrogens is 1. The van der Waals surface area contributed by atoms with E-state index in [0.717, 1.165) is 54.0 Å². The lowest BCUT2D eigenvalue weighted by molar-refractivity contribution is -0.127. The molecule has 1 fully saturated rings. The van der Waals surface area contributed by atoms with E-state index in [-0.39, 0.29) is 11.9 Å². The Balaban J connectivity index is 1.22. The van der Waals surface area contributed by atoms with Crippen molar-refractivity contribution in [1.29, 1.82) is 0 Å². The molecule has 1 saturated heterocycles. The van der Waals surface area contributed by atoms with Crippen molar-refractivity contribution in [2.75, 3.05) is 20.1 Å². The maximum absolute atomic E-state index is 12.8. The minimum Gasteiger partial charge on any atom is -0.338 e. The largest absolute Gasteiger partial charge is 0.338 e. The molecule has 0 spiro atoms. The summed E-state index contributed by atoms with van der Waals surface area (Å²) in [6, 6.07) is 17.7. The zero-order valence-corrected chi connectivity index (χ0v) is 18.1. The SMILES string of the molecule is CN(C(=O)/C=C/c1nc2ccccc2s1)[C@H]1CCCN(C2Cc3ccccc3C2)C1. The van der Waals surface area contributed by atoms with Crippen molar-refractivity contribution in [1.82, 2.24) is 14.8 Å². The van der Waals surface area contributed by atoms with Crippen LogP contribution in [-0.4, -0.2) is 52.9 Å². The maximum atomic E-state index is 12.8. The third-order valence-electron chi connectivity index (χ3n) is 6.55. The Hall–Kier alpha value is -2.50. The van der Waals surface area contributed by atoms with Crippen LogP contribution >= 0.6 is 11.3 Å². The van der Waals surface area contributed by atoms with Gasteiger partial charge in [-0.15, -0.1) is 11.3 Å². The van der Waals surface area contributed by atoms with Gasteiger partial charge in [-0.25, -0.2) is 4.98 Å². The lowest BCUT2D eigenvalue weighted by atomic mass is 10.0. The molecular formula is C25H27N3OS. The van der Waals surface area contributed by atoms with Gasteiger partial charge in [0.25, 0.3) is 0 Å². The number of hydrogen-bond acceptors (Lipinski definition) is 4. The number of carbonyl (C=O) groups excluding carboxylic acids is 1. The topological polar surface area (TPSA) is 36.4 Å². The second-order valence-corrected chi connectivity index (χ2v) is 9.49. The zero-order chi connectivity index (χ0) is 20.5. The first-order valence-corrected chi connectivity index (χ1v) is 11.6. The highest BCUT2D eigenvalue weighted by Crippen LogP contribution is 2.28. The molecule has 4 nitrogen and oxygen atoms in total. The number of amides is 1. The number of thiazole rings is 1. The first-order valence-electron chi connectivity index (χ1n) is 10.8. The number of hydrogen-bond donors (Lipinski definition) is 0. The van der Waals surface area contributed by atoms with E-state index in [1.165, 1.54) is 11.1 Å². The number of rotatable bonds is 4. The molecule has 1 aromatic heterocycles. The fraction of sp³-hybridized carbons (Fsp3) is 0.360. The molecule has 2 aromatic carbocycles. The molecule has 2 heterocycles. The third kappa shape index (κ3) is 3.92. The highest BCUT2D eigenvalue weighted by atomic mass is 32.1. The number of carbonyl (C=O) groups is 1. The molecular weight excluding hydrogens is 390 g/mol. The fourth-order valence-corrected chi connectivity index (χ4v) is 5.70. The average Bonchev–Trinajstić information content (AvgIpc) is 3.40. The van der Waals surface area contributed by atoms with Crippen LogP contribution in [0.4, 0.5) is 0 Å². The highest BCUT2D eigenvalue weighted by molar-refractivity contribution is 7.19. The Kier molecular flexibility index (Phi) is 5.40. The van der Waals surface area contributed by atoms with Crippen LogP contribution < -0.4 is 0 Å². The Morgan fingerprint density at radius 3 is 2.63 bits per heavy atom. The summed E-state index contributed by atoms with van der Waals surface area (Å²) in [5, 5.41) is 0.881. The van der Waals surface area contributed by atoms with Crippen LogP contribution in [0.5, 0.6) is 0 Å².